The summed E-state index contributed by atoms with van der Waals surface area (Å²) in [4.78, 5) is 0. The van der Waals surface area contributed by atoms with E-state index in [9.17, 15) is 0 Å². The molecule has 0 saturated carbocycles. The van der Waals surface area contributed by atoms with Gasteiger partial charge in [-0.05, 0) is 24.3 Å². The highest BCUT2D eigenvalue weighted by Gasteiger charge is 2.03. The van der Waals surface area contributed by atoms with Crippen LogP contribution in [0.25, 0.3) is 0 Å². The third-order valence-electron chi connectivity index (χ3n) is 2.76. The smallest absolute Gasteiger partial charge is 0.126 e. The fourth-order valence-electron chi connectivity index (χ4n) is 1.71. The number of methoxy groups -OCH3 is 2. The van der Waals surface area contributed by atoms with Crippen LogP contribution in [-0.2, 0) is 0 Å². The number of benzene rings is 2. The summed E-state index contributed by atoms with van der Waals surface area (Å²) in [5, 5.41) is 0. The average molecular weight is 353 g/mol. The van der Waals surface area contributed by atoms with Crippen molar-refractivity contribution in [1.82, 2.24) is 0 Å². The molecule has 0 spiro atoms. The first kappa shape index (κ1) is 15.5. The minimum Gasteiger partial charge on any atom is -0.496 e. The zero-order chi connectivity index (χ0) is 15.1. The highest BCUT2D eigenvalue weighted by Crippen LogP contribution is 2.27. The molecule has 0 aliphatic heterocycles. The van der Waals surface area contributed by atoms with Gasteiger partial charge in [0.1, 0.15) is 36.2 Å². The molecule has 0 N–H and O–H groups in total. The van der Waals surface area contributed by atoms with E-state index in [1.807, 2.05) is 36.4 Å². The molecular formula is C16H17BrO4. The molecule has 2 rings (SSSR count). The van der Waals surface area contributed by atoms with Crippen molar-refractivity contribution in [3.8, 4) is 23.0 Å². The fourth-order valence-corrected chi connectivity index (χ4v) is 1.98. The molecule has 0 aliphatic carbocycles. The van der Waals surface area contributed by atoms with Crippen molar-refractivity contribution in [3.05, 3.63) is 46.9 Å². The van der Waals surface area contributed by atoms with Gasteiger partial charge >= 0.3 is 0 Å². The van der Waals surface area contributed by atoms with Crippen molar-refractivity contribution >= 4 is 15.9 Å². The molecule has 2 aromatic rings. The molecule has 5 heteroatoms. The van der Waals surface area contributed by atoms with Gasteiger partial charge < -0.3 is 18.9 Å². The Labute approximate surface area is 132 Å². The van der Waals surface area contributed by atoms with Crippen molar-refractivity contribution < 1.29 is 18.9 Å². The standard InChI is InChI=1S/C16H17BrO4/c1-18-14-9-15(19-2)11-16(10-14)21-8-7-20-13-5-3-12(17)4-6-13/h3-6,9-11H,7-8H2,1-2H3. The Balaban J connectivity index is 1.84. The maximum absolute atomic E-state index is 5.64. The number of rotatable bonds is 7. The lowest BCUT2D eigenvalue weighted by Gasteiger charge is -2.11. The Hall–Kier alpha value is -1.88. The van der Waals surface area contributed by atoms with Gasteiger partial charge in [-0.15, -0.1) is 0 Å². The second kappa shape index (κ2) is 7.78. The van der Waals surface area contributed by atoms with Crippen LogP contribution in [-0.4, -0.2) is 27.4 Å². The molecule has 0 aromatic heterocycles. The van der Waals surface area contributed by atoms with Crippen molar-refractivity contribution in [1.29, 1.82) is 0 Å². The van der Waals surface area contributed by atoms with Crippen LogP contribution in [0.1, 0.15) is 0 Å². The van der Waals surface area contributed by atoms with E-state index in [1.165, 1.54) is 0 Å². The van der Waals surface area contributed by atoms with Gasteiger partial charge in [-0.25, -0.2) is 0 Å². The molecule has 0 fully saturated rings. The molecule has 0 unspecified atom stereocenters. The predicted octanol–water partition coefficient (Wildman–Crippen LogP) is 3.92. The molecule has 0 bridgehead atoms. The number of ether oxygens (including phenoxy) is 4. The largest absolute Gasteiger partial charge is 0.496 e. The molecule has 112 valence electrons. The lowest BCUT2D eigenvalue weighted by molar-refractivity contribution is 0.216. The Kier molecular flexibility index (Phi) is 5.75. The summed E-state index contributed by atoms with van der Waals surface area (Å²) < 4.78 is 22.6. The predicted molar refractivity (Wildman–Crippen MR) is 84.7 cm³/mol. The number of halogens is 1. The monoisotopic (exact) mass is 352 g/mol. The topological polar surface area (TPSA) is 36.9 Å². The first-order chi connectivity index (χ1) is 10.2. The quantitative estimate of drug-likeness (QED) is 0.707. The molecular weight excluding hydrogens is 336 g/mol. The zero-order valence-corrected chi connectivity index (χ0v) is 13.6. The molecule has 21 heavy (non-hydrogen) atoms. The van der Waals surface area contributed by atoms with Crippen LogP contribution >= 0.6 is 15.9 Å². The normalized spacial score (nSPS) is 10.0. The molecule has 0 atom stereocenters. The van der Waals surface area contributed by atoms with E-state index in [0.29, 0.717) is 30.5 Å². The van der Waals surface area contributed by atoms with Gasteiger partial charge in [-0.2, -0.15) is 0 Å². The Morgan fingerprint density at radius 1 is 0.714 bits per heavy atom. The Morgan fingerprint density at radius 2 is 1.19 bits per heavy atom. The van der Waals surface area contributed by atoms with Crippen molar-refractivity contribution in [2.45, 2.75) is 0 Å². The van der Waals surface area contributed by atoms with Crippen LogP contribution < -0.4 is 18.9 Å². The molecule has 0 heterocycles. The molecule has 2 aromatic carbocycles. The van der Waals surface area contributed by atoms with Crippen LogP contribution in [0.5, 0.6) is 23.0 Å². The summed E-state index contributed by atoms with van der Waals surface area (Å²) in [6.07, 6.45) is 0. The third kappa shape index (κ3) is 4.86. The van der Waals surface area contributed by atoms with Crippen molar-refractivity contribution in [2.24, 2.45) is 0 Å². The second-order valence-corrected chi connectivity index (χ2v) is 5.11. The van der Waals surface area contributed by atoms with Crippen LogP contribution in [0.3, 0.4) is 0 Å². The van der Waals surface area contributed by atoms with Crippen molar-refractivity contribution in [3.63, 3.8) is 0 Å². The lowest BCUT2D eigenvalue weighted by atomic mass is 10.3. The first-order valence-corrected chi connectivity index (χ1v) is 7.25. The van der Waals surface area contributed by atoms with Crippen molar-refractivity contribution in [2.75, 3.05) is 27.4 Å². The van der Waals surface area contributed by atoms with Gasteiger partial charge in [0.05, 0.1) is 14.2 Å². The summed E-state index contributed by atoms with van der Waals surface area (Å²) >= 11 is 3.38. The van der Waals surface area contributed by atoms with Crippen LogP contribution in [0.4, 0.5) is 0 Å². The SMILES string of the molecule is COc1cc(OC)cc(OCCOc2ccc(Br)cc2)c1. The fraction of sp³-hybridized carbons (Fsp3) is 0.250. The van der Waals surface area contributed by atoms with E-state index >= 15 is 0 Å². The summed E-state index contributed by atoms with van der Waals surface area (Å²) in [6, 6.07) is 13.1. The van der Waals surface area contributed by atoms with Gasteiger partial charge in [-0.1, -0.05) is 15.9 Å². The van der Waals surface area contributed by atoms with Gasteiger partial charge in [-0.3, -0.25) is 0 Å². The van der Waals surface area contributed by atoms with Gasteiger partial charge in [0, 0.05) is 22.7 Å². The minimum absolute atomic E-state index is 0.437. The van der Waals surface area contributed by atoms with E-state index in [1.54, 1.807) is 20.3 Å². The first-order valence-electron chi connectivity index (χ1n) is 6.45. The van der Waals surface area contributed by atoms with E-state index < -0.39 is 0 Å². The van der Waals surface area contributed by atoms with Crippen LogP contribution in [0, 0.1) is 0 Å². The summed E-state index contributed by atoms with van der Waals surface area (Å²) in [7, 11) is 3.21. The number of hydrogen-bond acceptors (Lipinski definition) is 4. The molecule has 4 nitrogen and oxygen atoms in total. The minimum atomic E-state index is 0.437. The molecule has 0 aliphatic rings. The summed E-state index contributed by atoms with van der Waals surface area (Å²) in [5.74, 6) is 2.88. The molecule has 0 saturated heterocycles. The Bertz CT molecular complexity index is 547. The second-order valence-electron chi connectivity index (χ2n) is 4.20. The van der Waals surface area contributed by atoms with E-state index in [-0.39, 0.29) is 0 Å². The van der Waals surface area contributed by atoms with Crippen LogP contribution in [0.15, 0.2) is 46.9 Å². The summed E-state index contributed by atoms with van der Waals surface area (Å²) in [6.45, 7) is 0.896. The maximum atomic E-state index is 5.64. The lowest BCUT2D eigenvalue weighted by Crippen LogP contribution is -2.09. The van der Waals surface area contributed by atoms with Gasteiger partial charge in [0.25, 0.3) is 0 Å². The van der Waals surface area contributed by atoms with E-state index in [2.05, 4.69) is 15.9 Å². The zero-order valence-electron chi connectivity index (χ0n) is 12.0. The van der Waals surface area contributed by atoms with E-state index in [0.717, 1.165) is 10.2 Å². The third-order valence-corrected chi connectivity index (χ3v) is 3.29. The van der Waals surface area contributed by atoms with E-state index in [4.69, 9.17) is 18.9 Å². The van der Waals surface area contributed by atoms with Gasteiger partial charge in [0.15, 0.2) is 0 Å². The highest BCUT2D eigenvalue weighted by molar-refractivity contribution is 9.10. The highest BCUT2D eigenvalue weighted by atomic mass is 79.9. The molecule has 0 radical (unpaired) electrons. The average Bonchev–Trinajstić information content (AvgIpc) is 2.53. The molecule has 0 amide bonds. The van der Waals surface area contributed by atoms with Gasteiger partial charge in [0.2, 0.25) is 0 Å². The Morgan fingerprint density at radius 3 is 1.71 bits per heavy atom. The maximum Gasteiger partial charge on any atom is 0.126 e. The summed E-state index contributed by atoms with van der Waals surface area (Å²) in [5.41, 5.74) is 0. The number of hydrogen-bond donors (Lipinski definition) is 0. The van der Waals surface area contributed by atoms with Crippen LogP contribution in [0.2, 0.25) is 0 Å².